The number of nitroso groups, excluding NO2 is 1. The van der Waals surface area contributed by atoms with Crippen molar-refractivity contribution in [3.8, 4) is 23.3 Å². The first-order valence-electron chi connectivity index (χ1n) is 10.4. The number of halogens is 5. The van der Waals surface area contributed by atoms with Crippen molar-refractivity contribution in [3.63, 3.8) is 0 Å². The van der Waals surface area contributed by atoms with E-state index in [1.165, 1.54) is 30.3 Å². The minimum absolute atomic E-state index is 0.0283. The molecule has 17 nitrogen and oxygen atoms in total. The molecule has 0 radical (unpaired) electrons. The summed E-state index contributed by atoms with van der Waals surface area (Å²) in [6.07, 6.45) is 0. The van der Waals surface area contributed by atoms with E-state index in [2.05, 4.69) is 15.1 Å². The van der Waals surface area contributed by atoms with E-state index in [9.17, 15) is 25.4 Å². The molecule has 0 fully saturated rings. The molecule has 0 unspecified atom stereocenters. The molecule has 22 heteroatoms. The summed E-state index contributed by atoms with van der Waals surface area (Å²) in [5.41, 5.74) is 7.68. The predicted octanol–water partition coefficient (Wildman–Crippen LogP) is 5.52. The van der Waals surface area contributed by atoms with E-state index >= 15 is 0 Å². The summed E-state index contributed by atoms with van der Waals surface area (Å²) in [5.74, 6) is -2.05. The Morgan fingerprint density at radius 1 is 0.857 bits per heavy atom. The second-order valence-corrected chi connectivity index (χ2v) is 9.49. The summed E-state index contributed by atoms with van der Waals surface area (Å²) >= 11 is 29.2. The van der Waals surface area contributed by atoms with Crippen LogP contribution in [0.1, 0.15) is 0 Å². The molecule has 0 bridgehead atoms. The second kappa shape index (κ2) is 13.0. The van der Waals surface area contributed by atoms with Crippen molar-refractivity contribution < 1.29 is 24.8 Å². The zero-order valence-corrected chi connectivity index (χ0v) is 23.8. The van der Waals surface area contributed by atoms with Crippen LogP contribution in [0.3, 0.4) is 0 Å². The Balaban J connectivity index is 0.000000231. The number of nitro groups is 1. The molecule has 0 saturated heterocycles. The van der Waals surface area contributed by atoms with Crippen molar-refractivity contribution in [3.05, 3.63) is 81.4 Å². The van der Waals surface area contributed by atoms with Gasteiger partial charge in [0.2, 0.25) is 23.1 Å². The summed E-state index contributed by atoms with van der Waals surface area (Å²) in [7, 11) is 0. The highest BCUT2D eigenvalue weighted by Gasteiger charge is 2.26. The molecular formula is C20H13Cl5N10O7. The van der Waals surface area contributed by atoms with Crippen LogP contribution in [0.15, 0.2) is 35.5 Å². The summed E-state index contributed by atoms with van der Waals surface area (Å²) in [4.78, 5) is 27.9. The van der Waals surface area contributed by atoms with Gasteiger partial charge in [-0.05, 0) is 35.5 Å². The molecule has 0 spiro atoms. The lowest BCUT2D eigenvalue weighted by Crippen LogP contribution is -2.25. The van der Waals surface area contributed by atoms with Gasteiger partial charge in [-0.2, -0.15) is 9.97 Å². The quantitative estimate of drug-likeness (QED) is 0.0637. The molecule has 0 atom stereocenters. The van der Waals surface area contributed by atoms with Crippen molar-refractivity contribution in [1.82, 2.24) is 19.4 Å². The fourth-order valence-electron chi connectivity index (χ4n) is 2.82. The number of benzene rings is 2. The molecule has 4 aromatic rings. The standard InChI is InChI=1S/C10H6Cl3N5O4.C10H7Cl2N5O3/c11-3-1-4(12)7(5(13)2-3)22-9-6(18(20)21)8(14)17(19)10(15)16-9;11-4-1-2-6(5(12)3-4)20-9-7(16-18)8(13)17(19)10(14)15-9/h1-2,14,19H,(H2,15,16);1-3,13,19H,(H2,14,15). The molecule has 4 rings (SSSR count). The van der Waals surface area contributed by atoms with Crippen LogP contribution in [0.2, 0.25) is 25.1 Å². The number of hydrogen-bond acceptors (Lipinski definition) is 14. The smallest absolute Gasteiger partial charge is 0.376 e. The highest BCUT2D eigenvalue weighted by molar-refractivity contribution is 6.40. The van der Waals surface area contributed by atoms with Crippen molar-refractivity contribution in [1.29, 1.82) is 10.8 Å². The minimum atomic E-state index is -0.964. The fraction of sp³-hybridized carbons (Fsp3) is 0. The number of nitrogen functional groups attached to an aromatic ring is 2. The summed E-state index contributed by atoms with van der Waals surface area (Å²) in [5, 5.41) is 48.1. The van der Waals surface area contributed by atoms with Gasteiger partial charge in [0, 0.05) is 10.0 Å². The molecule has 2 aromatic heterocycles. The summed E-state index contributed by atoms with van der Waals surface area (Å²) < 4.78 is 10.7. The Labute approximate surface area is 257 Å². The van der Waals surface area contributed by atoms with Gasteiger partial charge in [0.05, 0.1) is 20.0 Å². The van der Waals surface area contributed by atoms with E-state index < -0.39 is 45.1 Å². The Hall–Kier alpha value is -4.55. The lowest BCUT2D eigenvalue weighted by molar-refractivity contribution is -0.388. The molecule has 0 aliphatic heterocycles. The molecule has 2 aromatic carbocycles. The number of aromatic nitrogens is 4. The number of hydrogen-bond donors (Lipinski definition) is 6. The first-order valence-corrected chi connectivity index (χ1v) is 12.3. The van der Waals surface area contributed by atoms with Gasteiger partial charge in [-0.1, -0.05) is 58.0 Å². The van der Waals surface area contributed by atoms with Crippen molar-refractivity contribution in [2.75, 3.05) is 11.5 Å². The number of nitrogens with two attached hydrogens (primary N) is 2. The first kappa shape index (κ1) is 32.0. The van der Waals surface area contributed by atoms with Crippen LogP contribution in [0, 0.1) is 25.8 Å². The van der Waals surface area contributed by atoms with Crippen LogP contribution in [0.4, 0.5) is 23.3 Å². The molecular weight excluding hydrogens is 670 g/mol. The molecule has 0 aliphatic carbocycles. The van der Waals surface area contributed by atoms with Crippen LogP contribution in [0.5, 0.6) is 23.3 Å². The fourth-order valence-corrected chi connectivity index (χ4v) is 4.16. The maximum absolute atomic E-state index is 11.0. The largest absolute Gasteiger partial charge is 0.435 e. The SMILES string of the molecule is N=c1c(N=O)c(Oc2ccc(Cl)cc2Cl)nc(N)n1O.N=c1c([N+](=O)[O-])c(Oc2c(Cl)cc(Cl)cc2Cl)nc(N)n1O. The summed E-state index contributed by atoms with van der Waals surface area (Å²) in [6.45, 7) is 0. The maximum atomic E-state index is 11.0. The number of anilines is 2. The third kappa shape index (κ3) is 6.84. The molecule has 0 aliphatic rings. The van der Waals surface area contributed by atoms with Gasteiger partial charge in [-0.3, -0.25) is 20.9 Å². The molecule has 42 heavy (non-hydrogen) atoms. The lowest BCUT2D eigenvalue weighted by atomic mass is 10.3. The highest BCUT2D eigenvalue weighted by atomic mass is 35.5. The molecule has 8 N–H and O–H groups in total. The third-order valence-corrected chi connectivity index (χ3v) is 5.99. The van der Waals surface area contributed by atoms with Gasteiger partial charge in [-0.15, -0.1) is 14.4 Å². The van der Waals surface area contributed by atoms with Crippen LogP contribution < -0.4 is 31.9 Å². The predicted molar refractivity (Wildman–Crippen MR) is 150 cm³/mol. The van der Waals surface area contributed by atoms with E-state index in [1.54, 1.807) is 0 Å². The topological polar surface area (TPSA) is 267 Å². The Bertz CT molecular complexity index is 1830. The first-order chi connectivity index (χ1) is 19.7. The van der Waals surface area contributed by atoms with Gasteiger partial charge in [0.1, 0.15) is 5.75 Å². The maximum Gasteiger partial charge on any atom is 0.376 e. The average molecular weight is 683 g/mol. The highest BCUT2D eigenvalue weighted by Crippen LogP contribution is 2.40. The van der Waals surface area contributed by atoms with Gasteiger partial charge in [0.15, 0.2) is 11.2 Å². The van der Waals surface area contributed by atoms with Crippen LogP contribution in [0.25, 0.3) is 0 Å². The van der Waals surface area contributed by atoms with E-state index in [-0.39, 0.29) is 46.9 Å². The van der Waals surface area contributed by atoms with E-state index in [1.807, 2.05) is 0 Å². The van der Waals surface area contributed by atoms with E-state index in [0.717, 1.165) is 0 Å². The average Bonchev–Trinajstić information content (AvgIpc) is 2.90. The van der Waals surface area contributed by atoms with Crippen LogP contribution in [-0.2, 0) is 0 Å². The molecule has 0 saturated carbocycles. The molecule has 220 valence electrons. The monoisotopic (exact) mass is 680 g/mol. The van der Waals surface area contributed by atoms with Gasteiger partial charge in [-0.25, -0.2) is 0 Å². The minimum Gasteiger partial charge on any atom is -0.435 e. The Kier molecular flexibility index (Phi) is 9.87. The number of nitrogens with zero attached hydrogens (tertiary/aromatic N) is 6. The number of ether oxygens (including phenoxy) is 2. The zero-order valence-electron chi connectivity index (χ0n) is 20.1. The van der Waals surface area contributed by atoms with E-state index in [4.69, 9.17) is 89.8 Å². The summed E-state index contributed by atoms with van der Waals surface area (Å²) in [6, 6.07) is 6.98. The van der Waals surface area contributed by atoms with Crippen molar-refractivity contribution >= 4 is 81.3 Å². The Morgan fingerprint density at radius 3 is 1.90 bits per heavy atom. The van der Waals surface area contributed by atoms with Gasteiger partial charge in [0.25, 0.3) is 5.88 Å². The Morgan fingerprint density at radius 2 is 1.38 bits per heavy atom. The van der Waals surface area contributed by atoms with Crippen LogP contribution in [-0.4, -0.2) is 34.8 Å². The number of nitrogens with one attached hydrogen (secondary N) is 2. The van der Waals surface area contributed by atoms with Crippen LogP contribution >= 0.6 is 58.0 Å². The van der Waals surface area contributed by atoms with Crippen molar-refractivity contribution in [2.45, 2.75) is 0 Å². The van der Waals surface area contributed by atoms with Gasteiger partial charge < -0.3 is 31.4 Å². The third-order valence-electron chi connectivity index (χ3n) is 4.68. The normalized spacial score (nSPS) is 10.4. The second-order valence-electron chi connectivity index (χ2n) is 7.39. The zero-order chi connectivity index (χ0) is 31.5. The van der Waals surface area contributed by atoms with Crippen molar-refractivity contribution in [2.24, 2.45) is 5.18 Å². The number of rotatable bonds is 6. The molecule has 0 amide bonds. The van der Waals surface area contributed by atoms with E-state index in [0.29, 0.717) is 5.02 Å². The van der Waals surface area contributed by atoms with Gasteiger partial charge >= 0.3 is 11.6 Å². The lowest BCUT2D eigenvalue weighted by Gasteiger charge is -2.11. The molecule has 2 heterocycles.